The summed E-state index contributed by atoms with van der Waals surface area (Å²) in [6.45, 7) is 3.95. The first-order valence-corrected chi connectivity index (χ1v) is 9.18. The molecule has 4 rings (SSSR count). The second-order valence-electron chi connectivity index (χ2n) is 6.80. The van der Waals surface area contributed by atoms with Gasteiger partial charge in [-0.25, -0.2) is 14.6 Å². The number of benzene rings is 1. The van der Waals surface area contributed by atoms with E-state index in [2.05, 4.69) is 0 Å². The fourth-order valence-corrected chi connectivity index (χ4v) is 3.77. The van der Waals surface area contributed by atoms with Crippen molar-refractivity contribution < 1.29 is 23.9 Å². The van der Waals surface area contributed by atoms with Crippen molar-refractivity contribution in [3.8, 4) is 0 Å². The van der Waals surface area contributed by atoms with Crippen molar-refractivity contribution in [2.24, 2.45) is 0 Å². The number of hydrazine groups is 1. The average Bonchev–Trinajstić information content (AvgIpc) is 2.98. The Morgan fingerprint density at radius 1 is 1.25 bits per heavy atom. The lowest BCUT2D eigenvalue weighted by atomic mass is 9.92. The Morgan fingerprint density at radius 2 is 2.00 bits per heavy atom. The van der Waals surface area contributed by atoms with Gasteiger partial charge in [-0.15, -0.1) is 0 Å². The van der Waals surface area contributed by atoms with Gasteiger partial charge in [0, 0.05) is 6.20 Å². The van der Waals surface area contributed by atoms with Crippen LogP contribution in [0.15, 0.2) is 54.3 Å². The summed E-state index contributed by atoms with van der Waals surface area (Å²) in [6, 6.07) is 7.88. The molecule has 2 saturated heterocycles. The minimum Gasteiger partial charge on any atom is -0.448 e. The van der Waals surface area contributed by atoms with Crippen LogP contribution in [0, 0.1) is 0 Å². The number of allylic oxidation sites excluding steroid dienone is 2. The molecule has 3 atom stereocenters. The highest BCUT2D eigenvalue weighted by molar-refractivity contribution is 5.95. The Hall–Kier alpha value is -3.29. The summed E-state index contributed by atoms with van der Waals surface area (Å²) in [5.74, 6) is -0.353. The van der Waals surface area contributed by atoms with Gasteiger partial charge in [-0.1, -0.05) is 42.0 Å². The van der Waals surface area contributed by atoms with Crippen molar-refractivity contribution in [1.29, 1.82) is 0 Å². The van der Waals surface area contributed by atoms with Crippen LogP contribution in [0.1, 0.15) is 25.5 Å². The Balaban J connectivity index is 1.66. The minimum atomic E-state index is -0.744. The van der Waals surface area contributed by atoms with Crippen LogP contribution in [0.5, 0.6) is 0 Å². The van der Waals surface area contributed by atoms with E-state index in [0.717, 1.165) is 11.1 Å². The molecule has 1 aromatic rings. The first-order valence-electron chi connectivity index (χ1n) is 9.18. The zero-order chi connectivity index (χ0) is 19.8. The Kier molecular flexibility index (Phi) is 4.54. The number of carbonyl (C=O) groups is 3. The van der Waals surface area contributed by atoms with Gasteiger partial charge < -0.3 is 9.47 Å². The summed E-state index contributed by atoms with van der Waals surface area (Å²) in [5, 5.41) is 2.49. The second-order valence-corrected chi connectivity index (χ2v) is 6.80. The maximum absolute atomic E-state index is 13.0. The van der Waals surface area contributed by atoms with Crippen molar-refractivity contribution in [2.75, 3.05) is 13.2 Å². The zero-order valence-corrected chi connectivity index (χ0v) is 15.6. The van der Waals surface area contributed by atoms with Gasteiger partial charge in [0.1, 0.15) is 18.7 Å². The summed E-state index contributed by atoms with van der Waals surface area (Å²) in [4.78, 5) is 39.3. The summed E-state index contributed by atoms with van der Waals surface area (Å²) < 4.78 is 10.3. The van der Waals surface area contributed by atoms with Gasteiger partial charge in [0.05, 0.1) is 12.6 Å². The largest absolute Gasteiger partial charge is 0.448 e. The van der Waals surface area contributed by atoms with Crippen molar-refractivity contribution in [2.45, 2.75) is 32.0 Å². The van der Waals surface area contributed by atoms with Gasteiger partial charge in [0.2, 0.25) is 0 Å². The van der Waals surface area contributed by atoms with Crippen LogP contribution in [0.3, 0.4) is 0 Å². The van der Waals surface area contributed by atoms with Crippen LogP contribution >= 0.6 is 0 Å². The third-order valence-electron chi connectivity index (χ3n) is 5.08. The van der Waals surface area contributed by atoms with Gasteiger partial charge in [-0.05, 0) is 25.5 Å². The number of ether oxygens (including phenoxy) is 2. The summed E-state index contributed by atoms with van der Waals surface area (Å²) in [6.07, 6.45) is 3.95. The number of carbonyl (C=O) groups excluding carboxylic acids is 3. The number of amides is 3. The monoisotopic (exact) mass is 383 g/mol. The van der Waals surface area contributed by atoms with Crippen LogP contribution < -0.4 is 0 Å². The molecule has 0 bridgehead atoms. The lowest BCUT2D eigenvalue weighted by Crippen LogP contribution is -2.74. The van der Waals surface area contributed by atoms with E-state index in [1.807, 2.05) is 43.3 Å². The molecule has 1 aromatic carbocycles. The molecule has 0 unspecified atom stereocenters. The summed E-state index contributed by atoms with van der Waals surface area (Å²) >= 11 is 0. The van der Waals surface area contributed by atoms with E-state index in [0.29, 0.717) is 0 Å². The number of cyclic esters (lactones) is 1. The predicted octanol–water partition coefficient (Wildman–Crippen LogP) is 2.61. The molecule has 3 aliphatic rings. The maximum atomic E-state index is 13.0. The molecule has 0 N–H and O–H groups in total. The van der Waals surface area contributed by atoms with E-state index >= 15 is 0 Å². The zero-order valence-electron chi connectivity index (χ0n) is 15.6. The number of hydrogen-bond acceptors (Lipinski definition) is 5. The van der Waals surface area contributed by atoms with E-state index in [9.17, 15) is 14.4 Å². The molecule has 146 valence electrons. The quantitative estimate of drug-likeness (QED) is 0.750. The van der Waals surface area contributed by atoms with Gasteiger partial charge in [0.25, 0.3) is 5.91 Å². The molecule has 8 nitrogen and oxygen atoms in total. The highest BCUT2D eigenvalue weighted by atomic mass is 16.6. The molecule has 3 aliphatic heterocycles. The van der Waals surface area contributed by atoms with E-state index in [1.54, 1.807) is 13.0 Å². The molecule has 2 fully saturated rings. The first-order chi connectivity index (χ1) is 13.5. The molecule has 8 heteroatoms. The highest BCUT2D eigenvalue weighted by Gasteiger charge is 2.58. The van der Waals surface area contributed by atoms with Gasteiger partial charge in [0.15, 0.2) is 0 Å². The summed E-state index contributed by atoms with van der Waals surface area (Å²) in [7, 11) is 0. The van der Waals surface area contributed by atoms with Crippen LogP contribution in [0.4, 0.5) is 9.59 Å². The minimum absolute atomic E-state index is 0.182. The van der Waals surface area contributed by atoms with Crippen LogP contribution in [-0.4, -0.2) is 58.3 Å². The molecule has 0 aliphatic carbocycles. The normalized spacial score (nSPS) is 26.3. The number of hydrogen-bond donors (Lipinski definition) is 0. The summed E-state index contributed by atoms with van der Waals surface area (Å²) in [5.41, 5.74) is 1.78. The number of nitrogens with zero attached hydrogens (tertiary/aromatic N) is 3. The van der Waals surface area contributed by atoms with E-state index in [1.165, 1.54) is 21.1 Å². The van der Waals surface area contributed by atoms with E-state index < -0.39 is 24.3 Å². The standard InChI is InChI=1S/C20H21N3O5/c1-3-27-19(25)21-10-9-13(2)11-15-17(18(24)23(15)21)22-16(12-28-20(22)26)14-7-5-4-6-8-14/h4-11,15-17H,3,12H2,1-2H3/t15-,16-,17-/m0/s1. The molecule has 28 heavy (non-hydrogen) atoms. The molecule has 0 aromatic heterocycles. The third-order valence-corrected chi connectivity index (χ3v) is 5.08. The maximum Gasteiger partial charge on any atom is 0.433 e. The molecular formula is C20H21N3O5. The average molecular weight is 383 g/mol. The Morgan fingerprint density at radius 3 is 2.71 bits per heavy atom. The van der Waals surface area contributed by atoms with Gasteiger partial charge >= 0.3 is 12.2 Å². The molecule has 0 saturated carbocycles. The lowest BCUT2D eigenvalue weighted by Gasteiger charge is -2.51. The second kappa shape index (κ2) is 7.03. The van der Waals surface area contributed by atoms with Crippen LogP contribution in [0.25, 0.3) is 0 Å². The number of rotatable bonds is 3. The highest BCUT2D eigenvalue weighted by Crippen LogP contribution is 2.39. The predicted molar refractivity (Wildman–Crippen MR) is 98.6 cm³/mol. The van der Waals surface area contributed by atoms with E-state index in [-0.39, 0.29) is 25.2 Å². The molecular weight excluding hydrogens is 362 g/mol. The fourth-order valence-electron chi connectivity index (χ4n) is 3.77. The SMILES string of the molecule is CCOC(=O)N1C=CC(C)=C[C@H]2[C@H](N3C(=O)OC[C@H]3c3ccccc3)C(=O)N21. The molecule has 3 heterocycles. The van der Waals surface area contributed by atoms with Gasteiger partial charge in [-0.3, -0.25) is 9.69 Å². The van der Waals surface area contributed by atoms with Gasteiger partial charge in [-0.2, -0.15) is 5.01 Å². The third kappa shape index (κ3) is 2.81. The van der Waals surface area contributed by atoms with E-state index in [4.69, 9.17) is 9.47 Å². The van der Waals surface area contributed by atoms with Crippen LogP contribution in [-0.2, 0) is 14.3 Å². The van der Waals surface area contributed by atoms with Crippen molar-refractivity contribution >= 4 is 18.1 Å². The van der Waals surface area contributed by atoms with Crippen molar-refractivity contribution in [1.82, 2.24) is 14.9 Å². The fraction of sp³-hybridized carbons (Fsp3) is 0.350. The van der Waals surface area contributed by atoms with Crippen molar-refractivity contribution in [3.05, 3.63) is 59.8 Å². The molecule has 0 radical (unpaired) electrons. The smallest absolute Gasteiger partial charge is 0.433 e. The number of fused-ring (bicyclic) bond motifs is 1. The lowest BCUT2D eigenvalue weighted by molar-refractivity contribution is -0.174. The molecule has 3 amide bonds. The Labute approximate surface area is 162 Å². The topological polar surface area (TPSA) is 79.4 Å². The number of β-lactam (4-membered cyclic amide) rings is 1. The first kappa shape index (κ1) is 18.1. The van der Waals surface area contributed by atoms with Crippen molar-refractivity contribution in [3.63, 3.8) is 0 Å². The molecule has 0 spiro atoms. The van der Waals surface area contributed by atoms with Crippen LogP contribution in [0.2, 0.25) is 0 Å². The Bertz CT molecular complexity index is 866.